The zero-order valence-electron chi connectivity index (χ0n) is 8.23. The summed E-state index contributed by atoms with van der Waals surface area (Å²) >= 11 is 0. The first-order chi connectivity index (χ1) is 7.11. The average Bonchev–Trinajstić information content (AvgIpc) is 2.89. The van der Waals surface area contributed by atoms with Crippen LogP contribution in [0.25, 0.3) is 0 Å². The second-order valence-electron chi connectivity index (χ2n) is 3.36. The maximum absolute atomic E-state index is 11.7. The maximum atomic E-state index is 11.7. The van der Waals surface area contributed by atoms with E-state index in [4.69, 9.17) is 5.73 Å². The highest BCUT2D eigenvalue weighted by Gasteiger charge is 2.34. The van der Waals surface area contributed by atoms with Crippen LogP contribution < -0.4 is 10.6 Å². The molecule has 1 aliphatic heterocycles. The van der Waals surface area contributed by atoms with Gasteiger partial charge in [0, 0.05) is 11.6 Å². The second kappa shape index (κ2) is 3.24. The molecule has 2 N–H and O–H groups in total. The molecule has 0 spiro atoms. The zero-order valence-corrected chi connectivity index (χ0v) is 8.23. The number of benzene rings is 1. The third kappa shape index (κ3) is 1.61. The fourth-order valence-electron chi connectivity index (χ4n) is 1.47. The van der Waals surface area contributed by atoms with Crippen LogP contribution in [-0.4, -0.2) is 11.8 Å². The van der Waals surface area contributed by atoms with Gasteiger partial charge in [-0.1, -0.05) is 12.1 Å². The minimum Gasteiger partial charge on any atom is -0.366 e. The van der Waals surface area contributed by atoms with Crippen LogP contribution in [0.1, 0.15) is 6.92 Å². The first-order valence-electron chi connectivity index (χ1n) is 4.52. The molecule has 4 heteroatoms. The number of hydrogen-bond donors (Lipinski definition) is 1. The Morgan fingerprint density at radius 1 is 1.27 bits per heavy atom. The lowest BCUT2D eigenvalue weighted by Crippen LogP contribution is -2.17. The van der Waals surface area contributed by atoms with Crippen LogP contribution in [0.2, 0.25) is 0 Å². The average molecular weight is 202 g/mol. The minimum absolute atomic E-state index is 0.199. The van der Waals surface area contributed by atoms with Crippen molar-refractivity contribution in [3.63, 3.8) is 0 Å². The summed E-state index contributed by atoms with van der Waals surface area (Å²) in [5, 5.41) is 0. The first-order valence-corrected chi connectivity index (χ1v) is 4.52. The van der Waals surface area contributed by atoms with Gasteiger partial charge in [0.2, 0.25) is 5.91 Å². The van der Waals surface area contributed by atoms with Crippen molar-refractivity contribution in [3.05, 3.63) is 35.9 Å². The number of anilines is 2. The molecule has 0 saturated heterocycles. The molecule has 0 unspecified atom stereocenters. The summed E-state index contributed by atoms with van der Waals surface area (Å²) in [5.74, 6) is -0.804. The van der Waals surface area contributed by atoms with Crippen molar-refractivity contribution in [3.8, 4) is 0 Å². The summed E-state index contributed by atoms with van der Waals surface area (Å²) in [7, 11) is 0. The van der Waals surface area contributed by atoms with Crippen molar-refractivity contribution in [2.75, 3.05) is 4.90 Å². The van der Waals surface area contributed by atoms with Crippen LogP contribution >= 0.6 is 0 Å². The number of nitrogens with zero attached hydrogens (tertiary/aromatic N) is 1. The molecule has 76 valence electrons. The number of rotatable bonds is 2. The molecule has 0 fully saturated rings. The normalized spacial score (nSPS) is 13.4. The van der Waals surface area contributed by atoms with Gasteiger partial charge < -0.3 is 5.73 Å². The van der Waals surface area contributed by atoms with Gasteiger partial charge in [-0.25, -0.2) is 0 Å². The smallest absolute Gasteiger partial charge is 0.258 e. The summed E-state index contributed by atoms with van der Waals surface area (Å²) in [4.78, 5) is 23.9. The molecule has 1 aliphatic rings. The van der Waals surface area contributed by atoms with E-state index in [1.54, 1.807) is 11.8 Å². The van der Waals surface area contributed by atoms with Crippen LogP contribution in [0.4, 0.5) is 11.4 Å². The number of carbonyl (C=O) groups excluding carboxylic acids is 2. The fourth-order valence-corrected chi connectivity index (χ4v) is 1.47. The van der Waals surface area contributed by atoms with Gasteiger partial charge >= 0.3 is 0 Å². The molecule has 0 saturated carbocycles. The Morgan fingerprint density at radius 2 is 1.80 bits per heavy atom. The lowest BCUT2D eigenvalue weighted by atomic mass is 10.2. The highest BCUT2D eigenvalue weighted by Crippen LogP contribution is 2.47. The van der Waals surface area contributed by atoms with Crippen molar-refractivity contribution >= 4 is 23.2 Å². The maximum Gasteiger partial charge on any atom is 0.258 e. The Balaban J connectivity index is 2.17. The third-order valence-electron chi connectivity index (χ3n) is 2.21. The third-order valence-corrected chi connectivity index (χ3v) is 2.21. The zero-order chi connectivity index (χ0) is 11.0. The number of amides is 2. The molecular weight excluding hydrogens is 192 g/mol. The number of para-hydroxylation sites is 2. The van der Waals surface area contributed by atoms with Crippen molar-refractivity contribution in [2.24, 2.45) is 5.73 Å². The summed E-state index contributed by atoms with van der Waals surface area (Å²) in [5.41, 5.74) is 7.09. The number of carbonyl (C=O) groups is 2. The second-order valence-corrected chi connectivity index (χ2v) is 3.36. The number of fused-ring (bicyclic) bond motifs is 1. The highest BCUT2D eigenvalue weighted by molar-refractivity contribution is 6.22. The van der Waals surface area contributed by atoms with E-state index < -0.39 is 5.91 Å². The van der Waals surface area contributed by atoms with E-state index in [-0.39, 0.29) is 5.91 Å². The molecule has 0 aliphatic carbocycles. The van der Waals surface area contributed by atoms with Crippen molar-refractivity contribution in [1.29, 1.82) is 0 Å². The van der Waals surface area contributed by atoms with Crippen LogP contribution in [-0.2, 0) is 9.59 Å². The van der Waals surface area contributed by atoms with E-state index in [2.05, 4.69) is 0 Å². The SMILES string of the molecule is CC(=CC(N)=O)C(=O)N1c2ccccc21. The molecule has 2 rings (SSSR count). The lowest BCUT2D eigenvalue weighted by Gasteiger charge is -2.00. The molecule has 4 nitrogen and oxygen atoms in total. The Bertz CT molecular complexity index is 454. The van der Waals surface area contributed by atoms with Gasteiger partial charge in [-0.05, 0) is 19.1 Å². The molecule has 2 amide bonds. The van der Waals surface area contributed by atoms with Gasteiger partial charge in [0.05, 0.1) is 11.4 Å². The Morgan fingerprint density at radius 3 is 2.27 bits per heavy atom. The summed E-state index contributed by atoms with van der Waals surface area (Å²) in [6.45, 7) is 1.58. The quantitative estimate of drug-likeness (QED) is 0.576. The van der Waals surface area contributed by atoms with Crippen molar-refractivity contribution in [2.45, 2.75) is 6.92 Å². The molecule has 0 atom stereocenters. The molecule has 1 aromatic carbocycles. The van der Waals surface area contributed by atoms with E-state index in [1.165, 1.54) is 0 Å². The van der Waals surface area contributed by atoms with Crippen LogP contribution in [0.5, 0.6) is 0 Å². The standard InChI is InChI=1S/C11H10N2O2/c1-7(6-10(12)14)11(15)13-8-4-2-3-5-9(8)13/h2-6H,1H3,(H2,12,14). The number of nitrogens with two attached hydrogens (primary N) is 1. The predicted molar refractivity (Wildman–Crippen MR) is 56.5 cm³/mol. The van der Waals surface area contributed by atoms with Gasteiger partial charge in [0.25, 0.3) is 5.91 Å². The van der Waals surface area contributed by atoms with Gasteiger partial charge in [-0.15, -0.1) is 0 Å². The predicted octanol–water partition coefficient (Wildman–Crippen LogP) is 1.10. The largest absolute Gasteiger partial charge is 0.366 e. The molecule has 0 aromatic heterocycles. The van der Waals surface area contributed by atoms with E-state index in [1.807, 2.05) is 24.3 Å². The van der Waals surface area contributed by atoms with Gasteiger partial charge in [0.15, 0.2) is 0 Å². The summed E-state index contributed by atoms with van der Waals surface area (Å²) < 4.78 is 0. The molecule has 1 heterocycles. The lowest BCUT2D eigenvalue weighted by molar-refractivity contribution is -0.116. The Kier molecular flexibility index (Phi) is 2.04. The van der Waals surface area contributed by atoms with Crippen LogP contribution in [0.3, 0.4) is 0 Å². The Hall–Kier alpha value is -2.10. The van der Waals surface area contributed by atoms with E-state index >= 15 is 0 Å². The van der Waals surface area contributed by atoms with Gasteiger partial charge in [-0.3, -0.25) is 14.5 Å². The first kappa shape index (κ1) is 9.45. The van der Waals surface area contributed by atoms with E-state index in [9.17, 15) is 9.59 Å². The van der Waals surface area contributed by atoms with Crippen molar-refractivity contribution < 1.29 is 9.59 Å². The van der Waals surface area contributed by atoms with Crippen LogP contribution in [0.15, 0.2) is 35.9 Å². The van der Waals surface area contributed by atoms with Crippen molar-refractivity contribution in [1.82, 2.24) is 0 Å². The number of primary amides is 1. The molecular formula is C11H10N2O2. The molecule has 0 radical (unpaired) electrons. The monoisotopic (exact) mass is 202 g/mol. The van der Waals surface area contributed by atoms with Crippen LogP contribution in [0, 0.1) is 0 Å². The summed E-state index contributed by atoms with van der Waals surface area (Å²) in [6, 6.07) is 7.42. The van der Waals surface area contributed by atoms with E-state index in [0.717, 1.165) is 17.5 Å². The summed E-state index contributed by atoms with van der Waals surface area (Å²) in [6.07, 6.45) is 1.14. The topological polar surface area (TPSA) is 63.2 Å². The minimum atomic E-state index is -0.605. The fraction of sp³-hybridized carbons (Fsp3) is 0.0909. The molecule has 15 heavy (non-hydrogen) atoms. The Labute approximate surface area is 87.0 Å². The molecule has 0 bridgehead atoms. The van der Waals surface area contributed by atoms with Gasteiger partial charge in [0.1, 0.15) is 0 Å². The number of hydrogen-bond acceptors (Lipinski definition) is 2. The highest BCUT2D eigenvalue weighted by atomic mass is 16.2. The van der Waals surface area contributed by atoms with Gasteiger partial charge in [-0.2, -0.15) is 0 Å². The molecule has 1 aromatic rings. The van der Waals surface area contributed by atoms with E-state index in [0.29, 0.717) is 5.57 Å².